The van der Waals surface area contributed by atoms with Crippen LogP contribution in [-0.4, -0.2) is 0 Å². The lowest BCUT2D eigenvalue weighted by Gasteiger charge is -2.29. The van der Waals surface area contributed by atoms with Crippen molar-refractivity contribution in [2.45, 2.75) is 0 Å². The van der Waals surface area contributed by atoms with Gasteiger partial charge in [-0.05, 0) is 64.5 Å². The van der Waals surface area contributed by atoms with Crippen LogP contribution in [0.5, 0.6) is 0 Å². The van der Waals surface area contributed by atoms with E-state index in [0.29, 0.717) is 0 Å². The molecule has 0 unspecified atom stereocenters. The zero-order valence-corrected chi connectivity index (χ0v) is 22.9. The van der Waals surface area contributed by atoms with Crippen molar-refractivity contribution in [3.63, 3.8) is 0 Å². The largest absolute Gasteiger partial charge is 0.456 e. The van der Waals surface area contributed by atoms with Gasteiger partial charge in [-0.1, -0.05) is 121 Å². The smallest absolute Gasteiger partial charge is 0.135 e. The highest BCUT2D eigenvalue weighted by Gasteiger charge is 2.19. The van der Waals surface area contributed by atoms with E-state index in [9.17, 15) is 0 Å². The number of hydrogen-bond donors (Lipinski definition) is 0. The molecule has 0 N–H and O–H groups in total. The van der Waals surface area contributed by atoms with Crippen molar-refractivity contribution in [3.05, 3.63) is 164 Å². The Balaban J connectivity index is 1.34. The molecule has 0 atom stereocenters. The van der Waals surface area contributed by atoms with Crippen molar-refractivity contribution in [2.24, 2.45) is 0 Å². The standard InChI is InChI=1S/C40H27NO/c1-2-11-28(12-3-1)29-21-24-32(25-22-29)41(38-19-10-14-30-13-4-5-15-33(30)38)37-18-8-6-16-34(37)31-23-26-40-36(27-31)35-17-7-9-20-39(35)42-40/h1-27H. The monoisotopic (exact) mass is 537 g/mol. The third-order valence-electron chi connectivity index (χ3n) is 8.07. The summed E-state index contributed by atoms with van der Waals surface area (Å²) in [6.45, 7) is 0. The molecule has 0 aliphatic heterocycles. The fourth-order valence-electron chi connectivity index (χ4n) is 6.05. The zero-order chi connectivity index (χ0) is 27.9. The first-order chi connectivity index (χ1) is 20.8. The van der Waals surface area contributed by atoms with Gasteiger partial charge in [-0.25, -0.2) is 0 Å². The third-order valence-corrected chi connectivity index (χ3v) is 8.07. The van der Waals surface area contributed by atoms with Gasteiger partial charge in [0.25, 0.3) is 0 Å². The van der Waals surface area contributed by atoms with E-state index in [1.807, 2.05) is 12.1 Å². The zero-order valence-electron chi connectivity index (χ0n) is 22.9. The van der Waals surface area contributed by atoms with Gasteiger partial charge in [-0.2, -0.15) is 0 Å². The predicted octanol–water partition coefficient (Wildman–Crippen LogP) is 11.5. The first-order valence-corrected chi connectivity index (χ1v) is 14.3. The van der Waals surface area contributed by atoms with Crippen LogP contribution in [-0.2, 0) is 0 Å². The molecule has 0 aliphatic rings. The van der Waals surface area contributed by atoms with Crippen molar-refractivity contribution < 1.29 is 4.42 Å². The van der Waals surface area contributed by atoms with Crippen molar-refractivity contribution >= 4 is 49.8 Å². The Kier molecular flexibility index (Phi) is 5.82. The van der Waals surface area contributed by atoms with Crippen LogP contribution in [0.25, 0.3) is 55.0 Å². The molecule has 0 aliphatic carbocycles. The van der Waals surface area contributed by atoms with Crippen LogP contribution < -0.4 is 4.90 Å². The molecule has 8 rings (SSSR count). The Morgan fingerprint density at radius 2 is 1.00 bits per heavy atom. The quantitative estimate of drug-likeness (QED) is 0.217. The molecule has 0 saturated carbocycles. The summed E-state index contributed by atoms with van der Waals surface area (Å²) in [7, 11) is 0. The topological polar surface area (TPSA) is 16.4 Å². The van der Waals surface area contributed by atoms with E-state index in [4.69, 9.17) is 4.42 Å². The van der Waals surface area contributed by atoms with E-state index >= 15 is 0 Å². The minimum atomic E-state index is 0.903. The summed E-state index contributed by atoms with van der Waals surface area (Å²) < 4.78 is 6.15. The number of nitrogens with zero attached hydrogens (tertiary/aromatic N) is 1. The number of hydrogen-bond acceptors (Lipinski definition) is 2. The Bertz CT molecular complexity index is 2190. The van der Waals surface area contributed by atoms with E-state index in [2.05, 4.69) is 157 Å². The molecule has 2 nitrogen and oxygen atoms in total. The summed E-state index contributed by atoms with van der Waals surface area (Å²) in [5.74, 6) is 0. The summed E-state index contributed by atoms with van der Waals surface area (Å²) in [5, 5.41) is 4.68. The number of rotatable bonds is 5. The lowest BCUT2D eigenvalue weighted by atomic mass is 9.98. The van der Waals surface area contributed by atoms with Crippen LogP contribution in [0.4, 0.5) is 17.1 Å². The van der Waals surface area contributed by atoms with Crippen LogP contribution in [0, 0.1) is 0 Å². The first kappa shape index (κ1) is 24.2. The molecule has 1 heterocycles. The van der Waals surface area contributed by atoms with E-state index in [1.54, 1.807) is 0 Å². The summed E-state index contributed by atoms with van der Waals surface area (Å²) >= 11 is 0. The summed E-state index contributed by atoms with van der Waals surface area (Å²) in [6.07, 6.45) is 0. The second kappa shape index (κ2) is 10.1. The average molecular weight is 538 g/mol. The maximum Gasteiger partial charge on any atom is 0.135 e. The van der Waals surface area contributed by atoms with Gasteiger partial charge < -0.3 is 9.32 Å². The van der Waals surface area contributed by atoms with E-state index < -0.39 is 0 Å². The maximum absolute atomic E-state index is 6.15. The van der Waals surface area contributed by atoms with Gasteiger partial charge in [0, 0.05) is 27.4 Å². The molecule has 7 aromatic carbocycles. The van der Waals surface area contributed by atoms with E-state index in [-0.39, 0.29) is 0 Å². The van der Waals surface area contributed by atoms with Gasteiger partial charge in [-0.15, -0.1) is 0 Å². The molecule has 1 aromatic heterocycles. The highest BCUT2D eigenvalue weighted by Crippen LogP contribution is 2.44. The van der Waals surface area contributed by atoms with Crippen LogP contribution in [0.1, 0.15) is 0 Å². The molecule has 0 spiro atoms. The van der Waals surface area contributed by atoms with Crippen LogP contribution in [0.2, 0.25) is 0 Å². The molecular weight excluding hydrogens is 510 g/mol. The molecule has 0 saturated heterocycles. The van der Waals surface area contributed by atoms with Gasteiger partial charge >= 0.3 is 0 Å². The third kappa shape index (κ3) is 4.13. The van der Waals surface area contributed by atoms with Crippen molar-refractivity contribution in [2.75, 3.05) is 4.90 Å². The van der Waals surface area contributed by atoms with Crippen molar-refractivity contribution in [1.29, 1.82) is 0 Å². The van der Waals surface area contributed by atoms with Gasteiger partial charge in [0.05, 0.1) is 11.4 Å². The molecular formula is C40H27NO. The summed E-state index contributed by atoms with van der Waals surface area (Å²) in [6, 6.07) is 58.1. The van der Waals surface area contributed by atoms with Crippen molar-refractivity contribution in [1.82, 2.24) is 0 Å². The Hall–Kier alpha value is -5.60. The first-order valence-electron chi connectivity index (χ1n) is 14.3. The summed E-state index contributed by atoms with van der Waals surface area (Å²) in [5.41, 5.74) is 9.89. The lowest BCUT2D eigenvalue weighted by Crippen LogP contribution is -2.11. The molecule has 8 aromatic rings. The van der Waals surface area contributed by atoms with Crippen LogP contribution in [0.3, 0.4) is 0 Å². The highest BCUT2D eigenvalue weighted by atomic mass is 16.3. The normalized spacial score (nSPS) is 11.3. The second-order valence-corrected chi connectivity index (χ2v) is 10.6. The van der Waals surface area contributed by atoms with Gasteiger partial charge in [0.15, 0.2) is 0 Å². The molecule has 0 radical (unpaired) electrons. The minimum absolute atomic E-state index is 0.903. The fourth-order valence-corrected chi connectivity index (χ4v) is 6.05. The number of fused-ring (bicyclic) bond motifs is 4. The lowest BCUT2D eigenvalue weighted by molar-refractivity contribution is 0.669. The Morgan fingerprint density at radius 1 is 0.381 bits per heavy atom. The molecule has 42 heavy (non-hydrogen) atoms. The van der Waals surface area contributed by atoms with E-state index in [0.717, 1.165) is 50.1 Å². The Labute approximate surface area is 244 Å². The molecule has 0 amide bonds. The molecule has 2 heteroatoms. The minimum Gasteiger partial charge on any atom is -0.456 e. The fraction of sp³-hybridized carbons (Fsp3) is 0. The summed E-state index contributed by atoms with van der Waals surface area (Å²) in [4.78, 5) is 2.39. The Morgan fingerprint density at radius 3 is 1.88 bits per heavy atom. The van der Waals surface area contributed by atoms with Crippen molar-refractivity contribution in [3.8, 4) is 22.3 Å². The van der Waals surface area contributed by atoms with E-state index in [1.165, 1.54) is 21.9 Å². The molecule has 0 bridgehead atoms. The average Bonchev–Trinajstić information content (AvgIpc) is 3.44. The van der Waals surface area contributed by atoms with Crippen LogP contribution >= 0.6 is 0 Å². The molecule has 198 valence electrons. The number of furan rings is 1. The second-order valence-electron chi connectivity index (χ2n) is 10.6. The number of benzene rings is 7. The van der Waals surface area contributed by atoms with Gasteiger partial charge in [0.2, 0.25) is 0 Å². The van der Waals surface area contributed by atoms with Gasteiger partial charge in [-0.3, -0.25) is 0 Å². The number of para-hydroxylation sites is 2. The molecule has 0 fully saturated rings. The SMILES string of the molecule is c1ccc(-c2ccc(N(c3ccccc3-c3ccc4oc5ccccc5c4c3)c3cccc4ccccc34)cc2)cc1. The maximum atomic E-state index is 6.15. The predicted molar refractivity (Wildman–Crippen MR) is 177 cm³/mol. The highest BCUT2D eigenvalue weighted by molar-refractivity contribution is 6.07. The van der Waals surface area contributed by atoms with Crippen LogP contribution in [0.15, 0.2) is 168 Å². The number of anilines is 3. The van der Waals surface area contributed by atoms with Gasteiger partial charge in [0.1, 0.15) is 11.2 Å².